The summed E-state index contributed by atoms with van der Waals surface area (Å²) in [6, 6.07) is 5.53. The van der Waals surface area contributed by atoms with E-state index in [1.165, 1.54) is 0 Å². The minimum atomic E-state index is 0.554. The number of rotatable bonds is 1. The number of hydrogen-bond donors (Lipinski definition) is 0. The molecule has 56 valence electrons. The zero-order valence-electron chi connectivity index (χ0n) is 5.97. The van der Waals surface area contributed by atoms with Crippen LogP contribution in [0, 0.1) is 18.4 Å². The first-order valence-electron chi connectivity index (χ1n) is 3.06. The van der Waals surface area contributed by atoms with Crippen LogP contribution in [-0.4, -0.2) is 0 Å². The standard InChI is InChI=1S/C8H6BrNO/c1-6-2-3-8(11-5-10)7(9)4-6/h2-4H,1H3. The van der Waals surface area contributed by atoms with Crippen molar-refractivity contribution >= 4 is 15.9 Å². The van der Waals surface area contributed by atoms with Crippen LogP contribution in [0.25, 0.3) is 0 Å². The molecule has 1 aromatic carbocycles. The van der Waals surface area contributed by atoms with Crippen LogP contribution < -0.4 is 4.74 Å². The lowest BCUT2D eigenvalue weighted by molar-refractivity contribution is 0.504. The Labute approximate surface area is 73.5 Å². The Hall–Kier alpha value is -1.01. The molecule has 0 atom stereocenters. The van der Waals surface area contributed by atoms with E-state index in [1.54, 1.807) is 12.3 Å². The molecule has 0 aliphatic carbocycles. The van der Waals surface area contributed by atoms with Crippen molar-refractivity contribution in [2.75, 3.05) is 0 Å². The number of benzene rings is 1. The second-order valence-corrected chi connectivity index (χ2v) is 2.98. The van der Waals surface area contributed by atoms with Crippen molar-refractivity contribution in [3.05, 3.63) is 28.2 Å². The molecule has 0 aliphatic rings. The average molecular weight is 212 g/mol. The van der Waals surface area contributed by atoms with Crippen molar-refractivity contribution in [2.45, 2.75) is 6.92 Å². The van der Waals surface area contributed by atoms with Crippen molar-refractivity contribution < 1.29 is 4.74 Å². The van der Waals surface area contributed by atoms with Crippen LogP contribution in [0.5, 0.6) is 5.75 Å². The van der Waals surface area contributed by atoms with E-state index in [4.69, 9.17) is 5.26 Å². The maximum Gasteiger partial charge on any atom is 0.292 e. The summed E-state index contributed by atoms with van der Waals surface area (Å²) in [6.45, 7) is 1.97. The third-order valence-electron chi connectivity index (χ3n) is 1.24. The van der Waals surface area contributed by atoms with Crippen molar-refractivity contribution in [3.63, 3.8) is 0 Å². The fraction of sp³-hybridized carbons (Fsp3) is 0.125. The first kappa shape index (κ1) is 8.09. The van der Waals surface area contributed by atoms with Crippen LogP contribution in [0.1, 0.15) is 5.56 Å². The van der Waals surface area contributed by atoms with Gasteiger partial charge in [-0.15, -0.1) is 5.26 Å². The molecule has 0 unspecified atom stereocenters. The van der Waals surface area contributed by atoms with E-state index in [1.807, 2.05) is 19.1 Å². The summed E-state index contributed by atoms with van der Waals surface area (Å²) in [4.78, 5) is 0. The van der Waals surface area contributed by atoms with Gasteiger partial charge in [-0.3, -0.25) is 0 Å². The van der Waals surface area contributed by atoms with Gasteiger partial charge in [-0.2, -0.15) is 0 Å². The summed E-state index contributed by atoms with van der Waals surface area (Å²) in [5.74, 6) is 0.554. The zero-order chi connectivity index (χ0) is 8.27. The van der Waals surface area contributed by atoms with Crippen LogP contribution in [0.15, 0.2) is 22.7 Å². The molecule has 0 N–H and O–H groups in total. The van der Waals surface area contributed by atoms with Crippen molar-refractivity contribution in [3.8, 4) is 12.0 Å². The molecule has 3 heteroatoms. The minimum Gasteiger partial charge on any atom is -0.387 e. The molecule has 0 aliphatic heterocycles. The summed E-state index contributed by atoms with van der Waals surface area (Å²) < 4.78 is 5.45. The van der Waals surface area contributed by atoms with Gasteiger partial charge in [0.25, 0.3) is 6.26 Å². The van der Waals surface area contributed by atoms with Gasteiger partial charge in [-0.1, -0.05) is 6.07 Å². The normalized spacial score (nSPS) is 8.82. The van der Waals surface area contributed by atoms with Gasteiger partial charge >= 0.3 is 0 Å². The van der Waals surface area contributed by atoms with Gasteiger partial charge in [0.15, 0.2) is 5.75 Å². The van der Waals surface area contributed by atoms with Crippen LogP contribution in [0.2, 0.25) is 0 Å². The Morgan fingerprint density at radius 1 is 1.55 bits per heavy atom. The molecule has 0 amide bonds. The lowest BCUT2D eigenvalue weighted by Crippen LogP contribution is -1.83. The van der Waals surface area contributed by atoms with E-state index in [-0.39, 0.29) is 0 Å². The predicted octanol–water partition coefficient (Wildman–Crippen LogP) is 2.62. The van der Waals surface area contributed by atoms with Crippen LogP contribution >= 0.6 is 15.9 Å². The smallest absolute Gasteiger partial charge is 0.292 e. The SMILES string of the molecule is Cc1ccc(OC#N)c(Br)c1. The number of aryl methyl sites for hydroxylation is 1. The first-order chi connectivity index (χ1) is 5.24. The van der Waals surface area contributed by atoms with Crippen molar-refractivity contribution in [1.29, 1.82) is 5.26 Å². The molecule has 1 rings (SSSR count). The summed E-state index contributed by atoms with van der Waals surface area (Å²) in [5, 5.41) is 8.22. The molecule has 0 aromatic heterocycles. The average Bonchev–Trinajstić information content (AvgIpc) is 1.95. The van der Waals surface area contributed by atoms with Crippen LogP contribution in [0.3, 0.4) is 0 Å². The number of nitriles is 1. The molecule has 0 spiro atoms. The van der Waals surface area contributed by atoms with E-state index >= 15 is 0 Å². The van der Waals surface area contributed by atoms with Crippen molar-refractivity contribution in [1.82, 2.24) is 0 Å². The predicted molar refractivity (Wildman–Crippen MR) is 45.1 cm³/mol. The second kappa shape index (κ2) is 3.40. The van der Waals surface area contributed by atoms with Gasteiger partial charge in [-0.05, 0) is 40.5 Å². The van der Waals surface area contributed by atoms with E-state index in [0.717, 1.165) is 10.0 Å². The quantitative estimate of drug-likeness (QED) is 0.670. The number of nitrogens with zero attached hydrogens (tertiary/aromatic N) is 1. The third kappa shape index (κ3) is 1.95. The molecule has 0 saturated carbocycles. The van der Waals surface area contributed by atoms with Crippen molar-refractivity contribution in [2.24, 2.45) is 0 Å². The van der Waals surface area contributed by atoms with E-state index < -0.39 is 0 Å². The van der Waals surface area contributed by atoms with Gasteiger partial charge in [0.1, 0.15) is 0 Å². The molecule has 0 heterocycles. The Morgan fingerprint density at radius 3 is 2.82 bits per heavy atom. The molecule has 2 nitrogen and oxygen atoms in total. The largest absolute Gasteiger partial charge is 0.387 e. The minimum absolute atomic E-state index is 0.554. The van der Waals surface area contributed by atoms with E-state index in [9.17, 15) is 0 Å². The van der Waals surface area contributed by atoms with Gasteiger partial charge < -0.3 is 4.74 Å². The van der Waals surface area contributed by atoms with Gasteiger partial charge in [0, 0.05) is 0 Å². The highest BCUT2D eigenvalue weighted by molar-refractivity contribution is 9.10. The summed E-state index contributed by atoms with van der Waals surface area (Å²) in [5.41, 5.74) is 1.13. The lowest BCUT2D eigenvalue weighted by atomic mass is 10.2. The molecule has 0 fully saturated rings. The summed E-state index contributed by atoms with van der Waals surface area (Å²) in [6.07, 6.45) is 1.61. The highest BCUT2D eigenvalue weighted by Crippen LogP contribution is 2.25. The summed E-state index contributed by atoms with van der Waals surface area (Å²) in [7, 11) is 0. The van der Waals surface area contributed by atoms with Gasteiger partial charge in [-0.25, -0.2) is 0 Å². The zero-order valence-corrected chi connectivity index (χ0v) is 7.55. The number of ether oxygens (including phenoxy) is 1. The second-order valence-electron chi connectivity index (χ2n) is 2.13. The molecule has 11 heavy (non-hydrogen) atoms. The fourth-order valence-corrected chi connectivity index (χ4v) is 1.31. The van der Waals surface area contributed by atoms with Crippen LogP contribution in [0.4, 0.5) is 0 Å². The van der Waals surface area contributed by atoms with Gasteiger partial charge in [0.05, 0.1) is 4.47 Å². The Balaban J connectivity index is 3.01. The lowest BCUT2D eigenvalue weighted by Gasteiger charge is -1.99. The number of halogens is 1. The molecule has 0 saturated heterocycles. The molecule has 1 aromatic rings. The Morgan fingerprint density at radius 2 is 2.27 bits per heavy atom. The first-order valence-corrected chi connectivity index (χ1v) is 3.85. The molecular weight excluding hydrogens is 206 g/mol. The van der Waals surface area contributed by atoms with Crippen LogP contribution in [-0.2, 0) is 0 Å². The molecular formula is C8H6BrNO. The molecule has 0 radical (unpaired) electrons. The highest BCUT2D eigenvalue weighted by atomic mass is 79.9. The Kier molecular flexibility index (Phi) is 2.50. The Bertz CT molecular complexity index is 303. The highest BCUT2D eigenvalue weighted by Gasteiger charge is 1.99. The molecule has 0 bridgehead atoms. The third-order valence-corrected chi connectivity index (χ3v) is 1.86. The van der Waals surface area contributed by atoms with E-state index in [2.05, 4.69) is 20.7 Å². The fourth-order valence-electron chi connectivity index (χ4n) is 0.738. The van der Waals surface area contributed by atoms with E-state index in [0.29, 0.717) is 5.75 Å². The monoisotopic (exact) mass is 211 g/mol. The maximum atomic E-state index is 8.22. The number of hydrogen-bond acceptors (Lipinski definition) is 2. The summed E-state index contributed by atoms with van der Waals surface area (Å²) >= 11 is 3.27. The topological polar surface area (TPSA) is 33.0 Å². The maximum absolute atomic E-state index is 8.22. The van der Waals surface area contributed by atoms with Gasteiger partial charge in [0.2, 0.25) is 0 Å².